The van der Waals surface area contributed by atoms with Crippen molar-refractivity contribution in [2.75, 3.05) is 7.11 Å². The van der Waals surface area contributed by atoms with E-state index in [1.54, 1.807) is 7.11 Å². The first-order valence-electron chi connectivity index (χ1n) is 5.99. The molecule has 0 saturated carbocycles. The standard InChI is InChI=1S/C10H20F3NO4SSi/c1-5-8(20(3,4)18-2)6-7-9(15)14-19(16,17)10(11,12)13/h8H,5-7H2,1-4H3,(H,14,15)/p-1. The summed E-state index contributed by atoms with van der Waals surface area (Å²) in [5.74, 6) is -1.28. The minimum absolute atomic E-state index is 0.0419. The molecule has 1 unspecified atom stereocenters. The lowest BCUT2D eigenvalue weighted by Crippen LogP contribution is -2.36. The van der Waals surface area contributed by atoms with Gasteiger partial charge in [-0.15, -0.1) is 0 Å². The molecule has 0 saturated heterocycles. The average molecular weight is 334 g/mol. The lowest BCUT2D eigenvalue weighted by Gasteiger charge is -2.30. The Hall–Kier alpha value is -0.613. The third kappa shape index (κ3) is 5.41. The van der Waals surface area contributed by atoms with Crippen LogP contribution >= 0.6 is 0 Å². The summed E-state index contributed by atoms with van der Waals surface area (Å²) in [6.07, 6.45) is 0.624. The summed E-state index contributed by atoms with van der Waals surface area (Å²) >= 11 is 0. The van der Waals surface area contributed by atoms with Crippen LogP contribution in [0.15, 0.2) is 4.40 Å². The topological polar surface area (TPSA) is 78.8 Å². The zero-order chi connectivity index (χ0) is 16.2. The van der Waals surface area contributed by atoms with Gasteiger partial charge in [0.05, 0.1) is 0 Å². The fourth-order valence-electron chi connectivity index (χ4n) is 1.74. The molecule has 0 bridgehead atoms. The maximum Gasteiger partial charge on any atom is 0.518 e. The monoisotopic (exact) mass is 334 g/mol. The minimum atomic E-state index is -5.74. The van der Waals surface area contributed by atoms with Crippen LogP contribution in [0.4, 0.5) is 13.2 Å². The number of hydrogen-bond donors (Lipinski definition) is 0. The zero-order valence-corrected chi connectivity index (χ0v) is 13.6. The van der Waals surface area contributed by atoms with E-state index in [-0.39, 0.29) is 18.4 Å². The van der Waals surface area contributed by atoms with E-state index in [1.807, 2.05) is 20.0 Å². The van der Waals surface area contributed by atoms with Gasteiger partial charge < -0.3 is 9.53 Å². The quantitative estimate of drug-likeness (QED) is 0.405. The summed E-state index contributed by atoms with van der Waals surface area (Å²) in [6.45, 7) is 5.73. The van der Waals surface area contributed by atoms with Crippen LogP contribution in [0.5, 0.6) is 0 Å². The third-order valence-electron chi connectivity index (χ3n) is 3.22. The van der Waals surface area contributed by atoms with E-state index in [2.05, 4.69) is 4.40 Å². The fourth-order valence-corrected chi connectivity index (χ4v) is 4.36. The molecular formula is C10H19F3NO4SSi-. The molecule has 0 radical (unpaired) electrons. The van der Waals surface area contributed by atoms with Gasteiger partial charge in [0.1, 0.15) is 0 Å². The van der Waals surface area contributed by atoms with Crippen molar-refractivity contribution < 1.29 is 31.1 Å². The Kier molecular flexibility index (Phi) is 6.69. The molecule has 0 aliphatic carbocycles. The highest BCUT2D eigenvalue weighted by molar-refractivity contribution is 7.91. The molecular weight excluding hydrogens is 315 g/mol. The van der Waals surface area contributed by atoms with E-state index >= 15 is 0 Å². The van der Waals surface area contributed by atoms with E-state index in [0.717, 1.165) is 0 Å². The lowest BCUT2D eigenvalue weighted by molar-refractivity contribution is -0.218. The average Bonchev–Trinajstić information content (AvgIpc) is 2.27. The highest BCUT2D eigenvalue weighted by Gasteiger charge is 2.45. The van der Waals surface area contributed by atoms with Gasteiger partial charge in [-0.25, -0.2) is 0 Å². The van der Waals surface area contributed by atoms with Crippen molar-refractivity contribution in [2.24, 2.45) is 4.40 Å². The second-order valence-electron chi connectivity index (χ2n) is 4.86. The van der Waals surface area contributed by atoms with Gasteiger partial charge in [0.25, 0.3) is 0 Å². The Bertz CT molecular complexity index is 448. The van der Waals surface area contributed by atoms with Gasteiger partial charge in [-0.2, -0.15) is 26.0 Å². The number of nitrogens with zero attached hydrogens (tertiary/aromatic N) is 1. The summed E-state index contributed by atoms with van der Waals surface area (Å²) in [5, 5.41) is 11.3. The van der Waals surface area contributed by atoms with Crippen LogP contribution in [-0.2, 0) is 14.4 Å². The smallest absolute Gasteiger partial charge is 0.518 e. The largest absolute Gasteiger partial charge is 0.861 e. The van der Waals surface area contributed by atoms with E-state index < -0.39 is 29.7 Å². The van der Waals surface area contributed by atoms with Crippen LogP contribution < -0.4 is 5.11 Å². The Morgan fingerprint density at radius 3 is 2.25 bits per heavy atom. The highest BCUT2D eigenvalue weighted by Crippen LogP contribution is 2.31. The molecule has 0 aromatic rings. The minimum Gasteiger partial charge on any atom is -0.861 e. The van der Waals surface area contributed by atoms with Crippen LogP contribution in [0, 0.1) is 0 Å². The molecule has 0 aromatic heterocycles. The molecule has 0 aromatic carbocycles. The molecule has 0 aliphatic rings. The van der Waals surface area contributed by atoms with Crippen LogP contribution in [-0.4, -0.2) is 35.3 Å². The second-order valence-corrected chi connectivity index (χ2v) is 10.9. The zero-order valence-electron chi connectivity index (χ0n) is 11.8. The van der Waals surface area contributed by atoms with Gasteiger partial charge in [-0.1, -0.05) is 13.3 Å². The second kappa shape index (κ2) is 6.90. The number of alkyl halides is 3. The molecule has 0 rings (SSSR count). The highest BCUT2D eigenvalue weighted by atomic mass is 32.2. The predicted octanol–water partition coefficient (Wildman–Crippen LogP) is 2.01. The van der Waals surface area contributed by atoms with Crippen molar-refractivity contribution in [3.63, 3.8) is 0 Å². The van der Waals surface area contributed by atoms with E-state index in [9.17, 15) is 26.7 Å². The van der Waals surface area contributed by atoms with Crippen molar-refractivity contribution in [3.05, 3.63) is 0 Å². The molecule has 1 atom stereocenters. The molecule has 0 amide bonds. The van der Waals surface area contributed by atoms with Crippen molar-refractivity contribution in [2.45, 2.75) is 50.3 Å². The van der Waals surface area contributed by atoms with Crippen LogP contribution in [0.1, 0.15) is 26.2 Å². The molecule has 0 fully saturated rings. The maximum atomic E-state index is 12.1. The van der Waals surface area contributed by atoms with Crippen LogP contribution in [0.3, 0.4) is 0 Å². The SMILES string of the molecule is CCC(CC/C([O-])=N\S(=O)(=O)C(F)(F)F)[Si](C)(C)OC. The van der Waals surface area contributed by atoms with Crippen molar-refractivity contribution in [1.82, 2.24) is 0 Å². The van der Waals surface area contributed by atoms with E-state index in [1.165, 1.54) is 0 Å². The Labute approximate surface area is 118 Å². The molecule has 0 aliphatic heterocycles. The summed E-state index contributed by atoms with van der Waals surface area (Å²) in [7, 11) is -6.22. The Morgan fingerprint density at radius 1 is 1.40 bits per heavy atom. The molecule has 0 N–H and O–H groups in total. The number of halogens is 3. The number of rotatable bonds is 7. The van der Waals surface area contributed by atoms with Gasteiger partial charge in [0.15, 0.2) is 8.32 Å². The Morgan fingerprint density at radius 2 is 1.90 bits per heavy atom. The number of hydrogen-bond acceptors (Lipinski definition) is 4. The van der Waals surface area contributed by atoms with Crippen LogP contribution in [0.2, 0.25) is 18.6 Å². The third-order valence-corrected chi connectivity index (χ3v) is 7.97. The normalized spacial score (nSPS) is 16.2. The Balaban J connectivity index is 4.84. The van der Waals surface area contributed by atoms with Crippen molar-refractivity contribution in [3.8, 4) is 0 Å². The number of sulfonamides is 1. The summed E-state index contributed by atoms with van der Waals surface area (Å²) in [5.41, 5.74) is -5.49. The molecule has 0 heterocycles. The van der Waals surface area contributed by atoms with Crippen LogP contribution in [0.25, 0.3) is 0 Å². The molecule has 120 valence electrons. The van der Waals surface area contributed by atoms with Gasteiger partial charge in [0, 0.05) is 7.11 Å². The van der Waals surface area contributed by atoms with E-state index in [4.69, 9.17) is 4.43 Å². The summed E-state index contributed by atoms with van der Waals surface area (Å²) < 4.78 is 65.2. The van der Waals surface area contributed by atoms with Gasteiger partial charge in [-0.3, -0.25) is 0 Å². The first-order chi connectivity index (χ1) is 8.87. The van der Waals surface area contributed by atoms with Gasteiger partial charge in [-0.05, 0) is 37.4 Å². The molecule has 20 heavy (non-hydrogen) atoms. The van der Waals surface area contributed by atoms with Crippen molar-refractivity contribution >= 4 is 24.2 Å². The maximum absolute atomic E-state index is 12.1. The first-order valence-corrected chi connectivity index (χ1v) is 10.4. The molecule has 10 heteroatoms. The predicted molar refractivity (Wildman–Crippen MR) is 70.2 cm³/mol. The molecule has 0 spiro atoms. The lowest BCUT2D eigenvalue weighted by atomic mass is 10.2. The first kappa shape index (κ1) is 19.4. The summed E-state index contributed by atoms with van der Waals surface area (Å²) in [6, 6.07) is 0. The summed E-state index contributed by atoms with van der Waals surface area (Å²) in [4.78, 5) is 0. The van der Waals surface area contributed by atoms with E-state index in [0.29, 0.717) is 6.42 Å². The fraction of sp³-hybridized carbons (Fsp3) is 0.900. The van der Waals surface area contributed by atoms with Gasteiger partial charge >= 0.3 is 15.5 Å². The van der Waals surface area contributed by atoms with Gasteiger partial charge in [0.2, 0.25) is 0 Å². The van der Waals surface area contributed by atoms with Crippen molar-refractivity contribution in [1.29, 1.82) is 0 Å². The molecule has 5 nitrogen and oxygen atoms in total.